The van der Waals surface area contributed by atoms with Crippen molar-refractivity contribution in [3.8, 4) is 0 Å². The van der Waals surface area contributed by atoms with Crippen molar-refractivity contribution < 1.29 is 41.5 Å². The summed E-state index contributed by atoms with van der Waals surface area (Å²) < 4.78 is 0. The van der Waals surface area contributed by atoms with Crippen LogP contribution in [0.3, 0.4) is 0 Å². The number of nitrogens with zero attached hydrogens (tertiary/aromatic N) is 1. The number of aliphatic hydroxyl groups is 3. The Morgan fingerprint density at radius 2 is 0.955 bits per heavy atom. The van der Waals surface area contributed by atoms with E-state index in [-0.39, 0.29) is 37.0 Å². The first kappa shape index (κ1) is 30.0. The number of aliphatic hydroxyl groups excluding tert-OH is 3. The van der Waals surface area contributed by atoms with Crippen LogP contribution in [0.4, 0.5) is 0 Å². The summed E-state index contributed by atoms with van der Waals surface area (Å²) in [5.74, 6) is 0. The molecule has 4 nitrogen and oxygen atoms in total. The normalized spacial score (nSPS) is 9.82. The van der Waals surface area contributed by atoms with Crippen molar-refractivity contribution in [1.82, 2.24) is 4.98 Å². The standard InChI is InChI=1S/C14H24N.3CH4O.Zr/c1-7-13(3,4)11-9-10-12(15-11)14(5,6)8-2;3*1-2;/h9-10H,7-8H2,1-6H3;3*2H,1H3;/q-1;;;;. The van der Waals surface area contributed by atoms with Gasteiger partial charge in [0.05, 0.1) is 0 Å². The Hall–Kier alpha value is 0.0431. The van der Waals surface area contributed by atoms with E-state index < -0.39 is 0 Å². The predicted molar refractivity (Wildman–Crippen MR) is 90.8 cm³/mol. The molecule has 1 rings (SSSR count). The van der Waals surface area contributed by atoms with E-state index >= 15 is 0 Å². The van der Waals surface area contributed by atoms with Gasteiger partial charge >= 0.3 is 0 Å². The van der Waals surface area contributed by atoms with Crippen LogP contribution in [-0.4, -0.2) is 36.6 Å². The molecule has 0 aliphatic rings. The second-order valence-electron chi connectivity index (χ2n) is 5.69. The molecular weight excluding hydrogens is 357 g/mol. The number of hydrogen-bond donors (Lipinski definition) is 3. The van der Waals surface area contributed by atoms with Gasteiger partial charge in [-0.05, 0) is 23.7 Å². The van der Waals surface area contributed by atoms with Crippen LogP contribution in [0, 0.1) is 0 Å². The van der Waals surface area contributed by atoms with Crippen LogP contribution in [0.1, 0.15) is 65.8 Å². The molecule has 1 aromatic heterocycles. The minimum atomic E-state index is 0. The first-order valence-corrected chi connectivity index (χ1v) is 7.32. The van der Waals surface area contributed by atoms with Crippen molar-refractivity contribution in [1.29, 1.82) is 0 Å². The van der Waals surface area contributed by atoms with E-state index in [2.05, 4.69) is 53.7 Å². The largest absolute Gasteiger partial charge is 0.664 e. The zero-order chi connectivity index (χ0) is 17.7. The van der Waals surface area contributed by atoms with Gasteiger partial charge in [-0.15, -0.1) is 0 Å². The van der Waals surface area contributed by atoms with Crippen molar-refractivity contribution >= 4 is 0 Å². The van der Waals surface area contributed by atoms with Gasteiger partial charge in [-0.2, -0.15) is 11.4 Å². The van der Waals surface area contributed by atoms with E-state index in [1.165, 1.54) is 11.4 Å². The summed E-state index contributed by atoms with van der Waals surface area (Å²) in [5.41, 5.74) is 2.90. The van der Waals surface area contributed by atoms with Gasteiger partial charge in [0, 0.05) is 47.5 Å². The van der Waals surface area contributed by atoms with Crippen LogP contribution in [0.15, 0.2) is 12.1 Å². The Labute approximate surface area is 156 Å². The van der Waals surface area contributed by atoms with Crippen LogP contribution >= 0.6 is 0 Å². The summed E-state index contributed by atoms with van der Waals surface area (Å²) >= 11 is 0. The molecule has 22 heavy (non-hydrogen) atoms. The molecule has 0 aliphatic carbocycles. The summed E-state index contributed by atoms with van der Waals surface area (Å²) in [6.45, 7) is 13.5. The molecule has 0 fully saturated rings. The van der Waals surface area contributed by atoms with Gasteiger partial charge in [-0.3, -0.25) is 0 Å². The van der Waals surface area contributed by atoms with Gasteiger partial charge in [-0.25, -0.2) is 0 Å². The molecular formula is C17H36NO3Zr-. The van der Waals surface area contributed by atoms with E-state index in [4.69, 9.17) is 20.3 Å². The molecule has 0 saturated carbocycles. The molecule has 0 bridgehead atoms. The fraction of sp³-hybridized carbons (Fsp3) is 0.765. The molecule has 0 amide bonds. The molecule has 5 heteroatoms. The minimum Gasteiger partial charge on any atom is -0.664 e. The maximum absolute atomic E-state index is 7.00. The Kier molecular flexibility index (Phi) is 21.7. The molecule has 0 saturated heterocycles. The van der Waals surface area contributed by atoms with Crippen molar-refractivity contribution in [3.05, 3.63) is 23.5 Å². The third-order valence-corrected chi connectivity index (χ3v) is 3.79. The minimum absolute atomic E-state index is 0. The Morgan fingerprint density at radius 3 is 1.14 bits per heavy atom. The zero-order valence-corrected chi connectivity index (χ0v) is 18.3. The summed E-state index contributed by atoms with van der Waals surface area (Å²) in [7, 11) is 3.00. The van der Waals surface area contributed by atoms with E-state index in [1.807, 2.05) is 0 Å². The topological polar surface area (TPSA) is 74.8 Å². The van der Waals surface area contributed by atoms with E-state index in [1.54, 1.807) is 0 Å². The zero-order valence-electron chi connectivity index (χ0n) is 15.9. The summed E-state index contributed by atoms with van der Waals surface area (Å²) in [6, 6.07) is 4.38. The van der Waals surface area contributed by atoms with Crippen LogP contribution in [-0.2, 0) is 37.0 Å². The first-order valence-electron chi connectivity index (χ1n) is 7.32. The van der Waals surface area contributed by atoms with Crippen molar-refractivity contribution in [2.24, 2.45) is 0 Å². The molecule has 0 atom stereocenters. The SMILES string of the molecule is CCC(C)(C)c1ccc(C(C)(C)CC)[n-]1.CO.CO.CO.[Zr]. The average molecular weight is 394 g/mol. The molecule has 0 radical (unpaired) electrons. The van der Waals surface area contributed by atoms with E-state index in [0.717, 1.165) is 34.2 Å². The maximum Gasteiger partial charge on any atom is 0.0319 e. The average Bonchev–Trinajstić information content (AvgIpc) is 3.05. The fourth-order valence-electron chi connectivity index (χ4n) is 1.48. The van der Waals surface area contributed by atoms with Gasteiger partial charge < -0.3 is 20.3 Å². The maximum atomic E-state index is 7.00. The predicted octanol–water partition coefficient (Wildman–Crippen LogP) is 2.84. The second kappa shape index (κ2) is 15.9. The first-order chi connectivity index (χ1) is 9.83. The van der Waals surface area contributed by atoms with E-state index in [0.29, 0.717) is 0 Å². The molecule has 1 heterocycles. The summed E-state index contributed by atoms with van der Waals surface area (Å²) in [4.78, 5) is 4.80. The van der Waals surface area contributed by atoms with Crippen molar-refractivity contribution in [2.75, 3.05) is 21.3 Å². The number of hydrogen-bond acceptors (Lipinski definition) is 3. The van der Waals surface area contributed by atoms with Crippen LogP contribution in [0.5, 0.6) is 0 Å². The monoisotopic (exact) mass is 392 g/mol. The van der Waals surface area contributed by atoms with Crippen molar-refractivity contribution in [2.45, 2.75) is 65.2 Å². The van der Waals surface area contributed by atoms with Crippen LogP contribution < -0.4 is 4.98 Å². The molecule has 0 spiro atoms. The third-order valence-electron chi connectivity index (χ3n) is 3.79. The van der Waals surface area contributed by atoms with Crippen LogP contribution in [0.2, 0.25) is 0 Å². The Bertz CT molecular complexity index is 306. The Balaban J connectivity index is -0.000000206. The van der Waals surface area contributed by atoms with E-state index in [9.17, 15) is 0 Å². The van der Waals surface area contributed by atoms with Crippen molar-refractivity contribution in [3.63, 3.8) is 0 Å². The molecule has 3 N–H and O–H groups in total. The molecule has 0 aliphatic heterocycles. The fourth-order valence-corrected chi connectivity index (χ4v) is 1.48. The molecule has 0 aromatic carbocycles. The number of rotatable bonds is 4. The smallest absolute Gasteiger partial charge is 0.0319 e. The number of aromatic nitrogens is 1. The van der Waals surface area contributed by atoms with Gasteiger partial charge in [0.25, 0.3) is 0 Å². The molecule has 0 unspecified atom stereocenters. The van der Waals surface area contributed by atoms with Gasteiger partial charge in [-0.1, -0.05) is 53.7 Å². The Morgan fingerprint density at radius 1 is 0.727 bits per heavy atom. The van der Waals surface area contributed by atoms with Crippen LogP contribution in [0.25, 0.3) is 0 Å². The quantitative estimate of drug-likeness (QED) is 0.735. The van der Waals surface area contributed by atoms with Gasteiger partial charge in [0.15, 0.2) is 0 Å². The molecule has 1 aromatic rings. The van der Waals surface area contributed by atoms with Gasteiger partial charge in [0.2, 0.25) is 0 Å². The van der Waals surface area contributed by atoms with Gasteiger partial charge in [0.1, 0.15) is 0 Å². The molecule has 132 valence electrons. The third kappa shape index (κ3) is 9.94. The second-order valence-corrected chi connectivity index (χ2v) is 5.69. The summed E-state index contributed by atoms with van der Waals surface area (Å²) in [6.07, 6.45) is 2.27. The summed E-state index contributed by atoms with van der Waals surface area (Å²) in [5, 5.41) is 21.0.